The van der Waals surface area contributed by atoms with E-state index < -0.39 is 0 Å². The van der Waals surface area contributed by atoms with Gasteiger partial charge < -0.3 is 15.4 Å². The van der Waals surface area contributed by atoms with Gasteiger partial charge in [-0.2, -0.15) is 0 Å². The molecule has 2 N–H and O–H groups in total. The molecule has 1 aromatic rings. The SMILES string of the molecule is CN=C(NCCOc1cccc(Br)c1)NC1CCCC1.I. The normalized spacial score (nSPS) is 15.4. The summed E-state index contributed by atoms with van der Waals surface area (Å²) in [6.45, 7) is 1.35. The van der Waals surface area contributed by atoms with Crippen molar-refractivity contribution >= 4 is 45.9 Å². The van der Waals surface area contributed by atoms with Crippen molar-refractivity contribution in [2.45, 2.75) is 31.7 Å². The molecule has 1 aliphatic carbocycles. The fourth-order valence-corrected chi connectivity index (χ4v) is 2.73. The van der Waals surface area contributed by atoms with Gasteiger partial charge in [0.1, 0.15) is 12.4 Å². The molecule has 0 radical (unpaired) electrons. The summed E-state index contributed by atoms with van der Waals surface area (Å²) in [5, 5.41) is 6.73. The molecule has 1 aliphatic rings. The Labute approximate surface area is 152 Å². The Balaban J connectivity index is 0.00000220. The number of nitrogens with zero attached hydrogens (tertiary/aromatic N) is 1. The van der Waals surface area contributed by atoms with Gasteiger partial charge in [0.05, 0.1) is 6.54 Å². The van der Waals surface area contributed by atoms with E-state index in [0.29, 0.717) is 12.6 Å². The molecule has 21 heavy (non-hydrogen) atoms. The summed E-state index contributed by atoms with van der Waals surface area (Å²) in [4.78, 5) is 4.24. The first-order valence-electron chi connectivity index (χ1n) is 7.13. The van der Waals surface area contributed by atoms with Crippen LogP contribution in [0.2, 0.25) is 0 Å². The van der Waals surface area contributed by atoms with Gasteiger partial charge in [-0.05, 0) is 31.0 Å². The number of benzene rings is 1. The molecule has 1 fully saturated rings. The fourth-order valence-electron chi connectivity index (χ4n) is 2.35. The van der Waals surface area contributed by atoms with Gasteiger partial charge in [-0.3, -0.25) is 4.99 Å². The summed E-state index contributed by atoms with van der Waals surface area (Å²) < 4.78 is 6.71. The fraction of sp³-hybridized carbons (Fsp3) is 0.533. The molecule has 0 aromatic heterocycles. The third-order valence-electron chi connectivity index (χ3n) is 3.38. The first-order valence-corrected chi connectivity index (χ1v) is 7.93. The maximum absolute atomic E-state index is 5.68. The van der Waals surface area contributed by atoms with Crippen molar-refractivity contribution in [3.63, 3.8) is 0 Å². The molecular weight excluding hydrogens is 445 g/mol. The second kappa shape index (κ2) is 10.3. The molecule has 0 unspecified atom stereocenters. The molecule has 2 rings (SSSR count). The molecule has 0 amide bonds. The van der Waals surface area contributed by atoms with Gasteiger partial charge in [-0.1, -0.05) is 34.8 Å². The summed E-state index contributed by atoms with van der Waals surface area (Å²) in [6.07, 6.45) is 5.13. The van der Waals surface area contributed by atoms with Crippen molar-refractivity contribution in [3.8, 4) is 5.75 Å². The van der Waals surface area contributed by atoms with Crippen LogP contribution in [0.3, 0.4) is 0 Å². The van der Waals surface area contributed by atoms with Gasteiger partial charge in [0, 0.05) is 17.6 Å². The van der Waals surface area contributed by atoms with Crippen molar-refractivity contribution in [2.75, 3.05) is 20.2 Å². The van der Waals surface area contributed by atoms with Crippen molar-refractivity contribution in [3.05, 3.63) is 28.7 Å². The lowest BCUT2D eigenvalue weighted by atomic mass is 10.2. The number of rotatable bonds is 5. The second-order valence-corrected chi connectivity index (χ2v) is 5.85. The van der Waals surface area contributed by atoms with Crippen LogP contribution in [0.15, 0.2) is 33.7 Å². The lowest BCUT2D eigenvalue weighted by Gasteiger charge is -2.17. The average molecular weight is 468 g/mol. The number of nitrogens with one attached hydrogen (secondary N) is 2. The van der Waals surface area contributed by atoms with Crippen LogP contribution in [-0.4, -0.2) is 32.2 Å². The van der Waals surface area contributed by atoms with E-state index >= 15 is 0 Å². The highest BCUT2D eigenvalue weighted by molar-refractivity contribution is 14.0. The van der Waals surface area contributed by atoms with E-state index in [0.717, 1.165) is 22.7 Å². The van der Waals surface area contributed by atoms with Crippen molar-refractivity contribution in [2.24, 2.45) is 4.99 Å². The number of ether oxygens (including phenoxy) is 1. The molecule has 0 atom stereocenters. The van der Waals surface area contributed by atoms with Crippen molar-refractivity contribution in [1.82, 2.24) is 10.6 Å². The molecule has 0 spiro atoms. The molecular formula is C15H23BrIN3O. The lowest BCUT2D eigenvalue weighted by molar-refractivity contribution is 0.321. The number of hydrogen-bond acceptors (Lipinski definition) is 2. The van der Waals surface area contributed by atoms with Gasteiger partial charge in [-0.25, -0.2) is 0 Å². The monoisotopic (exact) mass is 467 g/mol. The Morgan fingerprint density at radius 1 is 1.38 bits per heavy atom. The van der Waals surface area contributed by atoms with Crippen LogP contribution in [0, 0.1) is 0 Å². The van der Waals surface area contributed by atoms with Crippen LogP contribution in [0.4, 0.5) is 0 Å². The van der Waals surface area contributed by atoms with Crippen LogP contribution < -0.4 is 15.4 Å². The summed E-state index contributed by atoms with van der Waals surface area (Å²) in [5.74, 6) is 1.75. The first kappa shape index (κ1) is 18.5. The van der Waals surface area contributed by atoms with E-state index in [-0.39, 0.29) is 24.0 Å². The summed E-state index contributed by atoms with van der Waals surface area (Å²) in [5.41, 5.74) is 0. The highest BCUT2D eigenvalue weighted by atomic mass is 127. The van der Waals surface area contributed by atoms with E-state index in [1.807, 2.05) is 24.3 Å². The molecule has 1 saturated carbocycles. The maximum atomic E-state index is 5.68. The number of guanidine groups is 1. The number of hydrogen-bond donors (Lipinski definition) is 2. The first-order chi connectivity index (χ1) is 9.78. The van der Waals surface area contributed by atoms with Gasteiger partial charge in [-0.15, -0.1) is 24.0 Å². The zero-order chi connectivity index (χ0) is 14.2. The Morgan fingerprint density at radius 2 is 2.14 bits per heavy atom. The van der Waals surface area contributed by atoms with Crippen LogP contribution >= 0.6 is 39.9 Å². The molecule has 0 aliphatic heterocycles. The molecule has 0 bridgehead atoms. The third-order valence-corrected chi connectivity index (χ3v) is 3.87. The zero-order valence-electron chi connectivity index (χ0n) is 12.3. The third kappa shape index (κ3) is 6.86. The lowest BCUT2D eigenvalue weighted by Crippen LogP contribution is -2.43. The zero-order valence-corrected chi connectivity index (χ0v) is 16.2. The Bertz CT molecular complexity index is 450. The molecule has 1 aromatic carbocycles. The molecule has 118 valence electrons. The minimum atomic E-state index is 0. The Morgan fingerprint density at radius 3 is 2.81 bits per heavy atom. The molecule has 6 heteroatoms. The average Bonchev–Trinajstić information content (AvgIpc) is 2.95. The van der Waals surface area contributed by atoms with Gasteiger partial charge in [0.15, 0.2) is 5.96 Å². The molecule has 0 heterocycles. The van der Waals surface area contributed by atoms with Crippen LogP contribution in [-0.2, 0) is 0 Å². The highest BCUT2D eigenvalue weighted by Gasteiger charge is 2.15. The van der Waals surface area contributed by atoms with Crippen LogP contribution in [0.5, 0.6) is 5.75 Å². The van der Waals surface area contributed by atoms with E-state index in [2.05, 4.69) is 31.6 Å². The van der Waals surface area contributed by atoms with Crippen LogP contribution in [0.1, 0.15) is 25.7 Å². The van der Waals surface area contributed by atoms with E-state index in [9.17, 15) is 0 Å². The van der Waals surface area contributed by atoms with E-state index in [4.69, 9.17) is 4.74 Å². The van der Waals surface area contributed by atoms with E-state index in [1.165, 1.54) is 25.7 Å². The summed E-state index contributed by atoms with van der Waals surface area (Å²) in [7, 11) is 1.81. The Hall–Kier alpha value is -0.500. The maximum Gasteiger partial charge on any atom is 0.191 e. The topological polar surface area (TPSA) is 45.7 Å². The van der Waals surface area contributed by atoms with Crippen molar-refractivity contribution in [1.29, 1.82) is 0 Å². The smallest absolute Gasteiger partial charge is 0.191 e. The predicted molar refractivity (Wildman–Crippen MR) is 102 cm³/mol. The Kier molecular flexibility index (Phi) is 9.07. The number of halogens is 2. The predicted octanol–water partition coefficient (Wildman–Crippen LogP) is 3.55. The number of aliphatic imine (C=N–C) groups is 1. The van der Waals surface area contributed by atoms with Crippen LogP contribution in [0.25, 0.3) is 0 Å². The van der Waals surface area contributed by atoms with Crippen molar-refractivity contribution < 1.29 is 4.74 Å². The largest absolute Gasteiger partial charge is 0.492 e. The van der Waals surface area contributed by atoms with Gasteiger partial charge >= 0.3 is 0 Å². The summed E-state index contributed by atoms with van der Waals surface area (Å²) in [6, 6.07) is 8.45. The molecule has 0 saturated heterocycles. The van der Waals surface area contributed by atoms with E-state index in [1.54, 1.807) is 7.05 Å². The minimum Gasteiger partial charge on any atom is -0.492 e. The van der Waals surface area contributed by atoms with Gasteiger partial charge in [0.25, 0.3) is 0 Å². The highest BCUT2D eigenvalue weighted by Crippen LogP contribution is 2.18. The van der Waals surface area contributed by atoms with Gasteiger partial charge in [0.2, 0.25) is 0 Å². The quantitative estimate of drug-likeness (QED) is 0.301. The second-order valence-electron chi connectivity index (χ2n) is 4.93. The standard InChI is InChI=1S/C15H22BrN3O.HI/c1-17-15(19-13-6-2-3-7-13)18-9-10-20-14-8-4-5-12(16)11-14;/h4-5,8,11,13H,2-3,6-7,9-10H2,1H3,(H2,17,18,19);1H. The minimum absolute atomic E-state index is 0. The molecule has 4 nitrogen and oxygen atoms in total. The summed E-state index contributed by atoms with van der Waals surface area (Å²) >= 11 is 3.43.